The zero-order valence-electron chi connectivity index (χ0n) is 12.9. The van der Waals surface area contributed by atoms with Gasteiger partial charge in [0.25, 0.3) is 0 Å². The first kappa shape index (κ1) is 15.4. The van der Waals surface area contributed by atoms with Gasteiger partial charge in [-0.25, -0.2) is 0 Å². The number of hydrogen-bond acceptors (Lipinski definition) is 5. The summed E-state index contributed by atoms with van der Waals surface area (Å²) in [4.78, 5) is 12.4. The van der Waals surface area contributed by atoms with E-state index in [-0.39, 0.29) is 5.78 Å². The molecule has 0 radical (unpaired) electrons. The van der Waals surface area contributed by atoms with Crippen LogP contribution < -0.4 is 0 Å². The first-order chi connectivity index (χ1) is 11.1. The van der Waals surface area contributed by atoms with E-state index in [4.69, 9.17) is 0 Å². The molecule has 0 spiro atoms. The fraction of sp³-hybridized carbons (Fsp3) is 0.176. The SMILES string of the molecule is Cc1ccc(C(=O)CSc2nnnn2-c2ccccc2)c(C)c1. The van der Waals surface area contributed by atoms with Gasteiger partial charge in [0.15, 0.2) is 5.78 Å². The lowest BCUT2D eigenvalue weighted by Gasteiger charge is -2.06. The second-order valence-corrected chi connectivity index (χ2v) is 6.18. The third-order valence-corrected chi connectivity index (χ3v) is 4.38. The van der Waals surface area contributed by atoms with Crippen molar-refractivity contribution in [2.45, 2.75) is 19.0 Å². The number of tetrazole rings is 1. The molecule has 116 valence electrons. The van der Waals surface area contributed by atoms with Gasteiger partial charge >= 0.3 is 0 Å². The third kappa shape index (κ3) is 3.48. The second kappa shape index (κ2) is 6.75. The fourth-order valence-corrected chi connectivity index (χ4v) is 3.11. The summed E-state index contributed by atoms with van der Waals surface area (Å²) in [6, 6.07) is 15.5. The van der Waals surface area contributed by atoms with Crippen molar-refractivity contribution in [2.75, 3.05) is 5.75 Å². The van der Waals surface area contributed by atoms with Gasteiger partial charge in [-0.15, -0.1) is 5.10 Å². The Kier molecular flexibility index (Phi) is 4.52. The number of nitrogens with zero attached hydrogens (tertiary/aromatic N) is 4. The number of aromatic nitrogens is 4. The zero-order chi connectivity index (χ0) is 16.2. The van der Waals surface area contributed by atoms with E-state index in [1.807, 2.05) is 62.4 Å². The summed E-state index contributed by atoms with van der Waals surface area (Å²) in [6.07, 6.45) is 0. The van der Waals surface area contributed by atoms with Crippen molar-refractivity contribution >= 4 is 17.5 Å². The van der Waals surface area contributed by atoms with Gasteiger partial charge in [0, 0.05) is 5.56 Å². The second-order valence-electron chi connectivity index (χ2n) is 5.24. The molecule has 2 aromatic carbocycles. The highest BCUT2D eigenvalue weighted by Crippen LogP contribution is 2.20. The molecule has 0 aliphatic carbocycles. The number of carbonyl (C=O) groups excluding carboxylic acids is 1. The molecule has 0 saturated carbocycles. The molecule has 3 aromatic rings. The topological polar surface area (TPSA) is 60.7 Å². The van der Waals surface area contributed by atoms with Crippen LogP contribution in [0.15, 0.2) is 53.7 Å². The van der Waals surface area contributed by atoms with Crippen LogP contribution in [-0.4, -0.2) is 31.7 Å². The first-order valence-electron chi connectivity index (χ1n) is 7.22. The molecule has 1 heterocycles. The highest BCUT2D eigenvalue weighted by atomic mass is 32.2. The van der Waals surface area contributed by atoms with Gasteiger partial charge < -0.3 is 0 Å². The van der Waals surface area contributed by atoms with Crippen molar-refractivity contribution in [2.24, 2.45) is 0 Å². The summed E-state index contributed by atoms with van der Waals surface area (Å²) in [7, 11) is 0. The molecule has 0 aliphatic heterocycles. The number of hydrogen-bond donors (Lipinski definition) is 0. The lowest BCUT2D eigenvalue weighted by Crippen LogP contribution is -2.06. The zero-order valence-corrected chi connectivity index (χ0v) is 13.7. The smallest absolute Gasteiger partial charge is 0.214 e. The first-order valence-corrected chi connectivity index (χ1v) is 8.21. The van der Waals surface area contributed by atoms with E-state index in [2.05, 4.69) is 15.5 Å². The van der Waals surface area contributed by atoms with Gasteiger partial charge in [0.2, 0.25) is 5.16 Å². The van der Waals surface area contributed by atoms with Crippen molar-refractivity contribution in [3.05, 3.63) is 65.2 Å². The summed E-state index contributed by atoms with van der Waals surface area (Å²) >= 11 is 1.34. The number of Topliss-reactive ketones (excluding diaryl/α,β-unsaturated/α-hetero) is 1. The Labute approximate surface area is 138 Å². The minimum Gasteiger partial charge on any atom is -0.293 e. The summed E-state index contributed by atoms with van der Waals surface area (Å²) < 4.78 is 1.64. The Morgan fingerprint density at radius 1 is 1.13 bits per heavy atom. The molecule has 0 atom stereocenters. The lowest BCUT2D eigenvalue weighted by molar-refractivity contribution is 0.102. The summed E-state index contributed by atoms with van der Waals surface area (Å²) in [5.74, 6) is 0.381. The maximum Gasteiger partial charge on any atom is 0.214 e. The Morgan fingerprint density at radius 3 is 2.65 bits per heavy atom. The van der Waals surface area contributed by atoms with Crippen LogP contribution in [0.25, 0.3) is 5.69 Å². The number of aryl methyl sites for hydroxylation is 2. The van der Waals surface area contributed by atoms with Crippen LogP contribution in [-0.2, 0) is 0 Å². The number of ketones is 1. The summed E-state index contributed by atoms with van der Waals surface area (Å²) in [5, 5.41) is 12.3. The van der Waals surface area contributed by atoms with Crippen molar-refractivity contribution < 1.29 is 4.79 Å². The van der Waals surface area contributed by atoms with Gasteiger partial charge in [0.1, 0.15) is 0 Å². The number of para-hydroxylation sites is 1. The van der Waals surface area contributed by atoms with E-state index >= 15 is 0 Å². The van der Waals surface area contributed by atoms with Crippen LogP contribution in [0.2, 0.25) is 0 Å². The maximum absolute atomic E-state index is 12.4. The van der Waals surface area contributed by atoms with Crippen LogP contribution >= 0.6 is 11.8 Å². The fourth-order valence-electron chi connectivity index (χ4n) is 2.33. The molecular formula is C17H16N4OS. The van der Waals surface area contributed by atoms with Gasteiger partial charge in [0.05, 0.1) is 11.4 Å². The van der Waals surface area contributed by atoms with Gasteiger partial charge in [-0.1, -0.05) is 53.7 Å². The molecular weight excluding hydrogens is 308 g/mol. The molecule has 0 amide bonds. The average molecular weight is 324 g/mol. The van der Waals surface area contributed by atoms with E-state index < -0.39 is 0 Å². The number of rotatable bonds is 5. The van der Waals surface area contributed by atoms with Gasteiger partial charge in [-0.2, -0.15) is 4.68 Å². The molecule has 0 unspecified atom stereocenters. The molecule has 6 heteroatoms. The molecule has 0 saturated heterocycles. The molecule has 0 N–H and O–H groups in total. The molecule has 1 aromatic heterocycles. The predicted octanol–water partition coefficient (Wildman–Crippen LogP) is 3.25. The van der Waals surface area contributed by atoms with Crippen LogP contribution in [0, 0.1) is 13.8 Å². The molecule has 0 fully saturated rings. The van der Waals surface area contributed by atoms with E-state index in [0.29, 0.717) is 10.9 Å². The molecule has 0 bridgehead atoms. The monoisotopic (exact) mass is 324 g/mol. The Bertz CT molecular complexity index is 830. The highest BCUT2D eigenvalue weighted by Gasteiger charge is 2.14. The average Bonchev–Trinajstić information content (AvgIpc) is 3.02. The van der Waals surface area contributed by atoms with Gasteiger partial charge in [-0.05, 0) is 42.0 Å². The van der Waals surface area contributed by atoms with E-state index in [9.17, 15) is 4.79 Å². The van der Waals surface area contributed by atoms with Crippen molar-refractivity contribution in [1.29, 1.82) is 0 Å². The quantitative estimate of drug-likeness (QED) is 0.532. The normalized spacial score (nSPS) is 10.7. The van der Waals surface area contributed by atoms with E-state index in [0.717, 1.165) is 22.4 Å². The minimum absolute atomic E-state index is 0.0788. The van der Waals surface area contributed by atoms with E-state index in [1.165, 1.54) is 11.8 Å². The molecule has 0 aliphatic rings. The van der Waals surface area contributed by atoms with Crippen LogP contribution in [0.5, 0.6) is 0 Å². The number of carbonyl (C=O) groups is 1. The lowest BCUT2D eigenvalue weighted by atomic mass is 10.0. The number of thioether (sulfide) groups is 1. The molecule has 3 rings (SSSR count). The summed E-state index contributed by atoms with van der Waals surface area (Å²) in [6.45, 7) is 3.98. The minimum atomic E-state index is 0.0788. The van der Waals surface area contributed by atoms with Crippen molar-refractivity contribution in [1.82, 2.24) is 20.2 Å². The molecule has 5 nitrogen and oxygen atoms in total. The van der Waals surface area contributed by atoms with E-state index in [1.54, 1.807) is 4.68 Å². The predicted molar refractivity (Wildman–Crippen MR) is 90.1 cm³/mol. The number of benzene rings is 2. The van der Waals surface area contributed by atoms with Crippen LogP contribution in [0.4, 0.5) is 0 Å². The van der Waals surface area contributed by atoms with Crippen LogP contribution in [0.1, 0.15) is 21.5 Å². The molecule has 23 heavy (non-hydrogen) atoms. The maximum atomic E-state index is 12.4. The summed E-state index contributed by atoms with van der Waals surface area (Å²) in [5.41, 5.74) is 3.78. The Hall–Kier alpha value is -2.47. The largest absolute Gasteiger partial charge is 0.293 e. The Morgan fingerprint density at radius 2 is 1.91 bits per heavy atom. The van der Waals surface area contributed by atoms with Gasteiger partial charge in [-0.3, -0.25) is 4.79 Å². The standard InChI is InChI=1S/C17H16N4OS/c1-12-8-9-15(13(2)10-12)16(22)11-23-17-18-19-20-21(17)14-6-4-3-5-7-14/h3-10H,11H2,1-2H3. The van der Waals surface area contributed by atoms with Crippen molar-refractivity contribution in [3.8, 4) is 5.69 Å². The highest BCUT2D eigenvalue weighted by molar-refractivity contribution is 7.99. The van der Waals surface area contributed by atoms with Crippen LogP contribution in [0.3, 0.4) is 0 Å². The third-order valence-electron chi connectivity index (χ3n) is 3.46. The van der Waals surface area contributed by atoms with Crippen molar-refractivity contribution in [3.63, 3.8) is 0 Å². The Balaban J connectivity index is 1.74.